The molecule has 136 valence electrons. The van der Waals surface area contributed by atoms with Crippen molar-refractivity contribution >= 4 is 5.91 Å². The lowest BCUT2D eigenvalue weighted by molar-refractivity contribution is -0.0727. The fraction of sp³-hybridized carbons (Fsp3) is 0.714. The highest BCUT2D eigenvalue weighted by atomic mass is 16.2. The molecule has 4 fully saturated rings. The Bertz CT molecular complexity index is 713. The molecule has 4 aliphatic carbocycles. The van der Waals surface area contributed by atoms with Gasteiger partial charge in [0.05, 0.1) is 0 Å². The van der Waals surface area contributed by atoms with Crippen LogP contribution in [0.4, 0.5) is 0 Å². The maximum absolute atomic E-state index is 13.0. The lowest BCUT2D eigenvalue weighted by atomic mass is 9.47. The van der Waals surface area contributed by atoms with Gasteiger partial charge in [0.15, 0.2) is 5.43 Å². The van der Waals surface area contributed by atoms with Gasteiger partial charge in [-0.05, 0) is 75.0 Å². The third kappa shape index (κ3) is 2.84. The summed E-state index contributed by atoms with van der Waals surface area (Å²) >= 11 is 0. The van der Waals surface area contributed by atoms with Crippen LogP contribution in [0.15, 0.2) is 16.9 Å². The van der Waals surface area contributed by atoms with Crippen molar-refractivity contribution in [3.05, 3.63) is 33.7 Å². The molecule has 4 aliphatic rings. The summed E-state index contributed by atoms with van der Waals surface area (Å²) in [5, 5.41) is 3.34. The molecule has 0 radical (unpaired) electrons. The van der Waals surface area contributed by atoms with Gasteiger partial charge in [0.25, 0.3) is 5.91 Å². The van der Waals surface area contributed by atoms with Crippen LogP contribution in [0.3, 0.4) is 0 Å². The summed E-state index contributed by atoms with van der Waals surface area (Å²) in [6, 6.07) is 3.27. The van der Waals surface area contributed by atoms with Gasteiger partial charge in [0, 0.05) is 30.9 Å². The Morgan fingerprint density at radius 2 is 1.76 bits per heavy atom. The molecule has 4 saturated carbocycles. The van der Waals surface area contributed by atoms with Crippen molar-refractivity contribution in [3.8, 4) is 0 Å². The Balaban J connectivity index is 1.59. The van der Waals surface area contributed by atoms with E-state index in [0.29, 0.717) is 11.1 Å². The van der Waals surface area contributed by atoms with Crippen LogP contribution in [0, 0.1) is 30.1 Å². The fourth-order valence-corrected chi connectivity index (χ4v) is 6.51. The Labute approximate surface area is 150 Å². The summed E-state index contributed by atoms with van der Waals surface area (Å²) in [5.74, 6) is 2.53. The summed E-state index contributed by atoms with van der Waals surface area (Å²) in [5.41, 5.74) is 1.50. The normalized spacial score (nSPS) is 34.1. The molecule has 25 heavy (non-hydrogen) atoms. The zero-order chi connectivity index (χ0) is 17.8. The third-order valence-electron chi connectivity index (χ3n) is 7.29. The van der Waals surface area contributed by atoms with Gasteiger partial charge in [-0.25, -0.2) is 0 Å². The first-order chi connectivity index (χ1) is 11.9. The summed E-state index contributed by atoms with van der Waals surface area (Å²) in [7, 11) is 1.86. The Morgan fingerprint density at radius 1 is 1.20 bits per heavy atom. The Kier molecular flexibility index (Phi) is 4.04. The molecule has 4 bridgehead atoms. The Hall–Kier alpha value is -1.58. The van der Waals surface area contributed by atoms with E-state index in [9.17, 15) is 9.59 Å². The van der Waals surface area contributed by atoms with E-state index >= 15 is 0 Å². The second-order valence-electron chi connectivity index (χ2n) is 8.99. The van der Waals surface area contributed by atoms with Gasteiger partial charge in [-0.15, -0.1) is 0 Å². The van der Waals surface area contributed by atoms with Crippen molar-refractivity contribution in [2.75, 3.05) is 0 Å². The van der Waals surface area contributed by atoms with E-state index in [4.69, 9.17) is 0 Å². The molecular weight excluding hydrogens is 312 g/mol. The van der Waals surface area contributed by atoms with Crippen molar-refractivity contribution in [3.63, 3.8) is 0 Å². The molecule has 1 aromatic heterocycles. The van der Waals surface area contributed by atoms with Crippen LogP contribution in [0.1, 0.15) is 68.1 Å². The van der Waals surface area contributed by atoms with E-state index in [1.807, 2.05) is 18.5 Å². The predicted molar refractivity (Wildman–Crippen MR) is 98.6 cm³/mol. The highest BCUT2D eigenvalue weighted by Gasteiger charge is 2.54. The molecule has 1 amide bonds. The molecule has 1 aromatic rings. The molecule has 1 heterocycles. The Morgan fingerprint density at radius 3 is 2.28 bits per heavy atom. The molecule has 0 aromatic carbocycles. The molecule has 1 unspecified atom stereocenters. The number of hydrogen-bond acceptors (Lipinski definition) is 2. The van der Waals surface area contributed by atoms with Crippen molar-refractivity contribution < 1.29 is 4.79 Å². The van der Waals surface area contributed by atoms with Gasteiger partial charge < -0.3 is 9.88 Å². The highest BCUT2D eigenvalue weighted by molar-refractivity contribution is 5.92. The molecule has 1 atom stereocenters. The van der Waals surface area contributed by atoms with Crippen LogP contribution in [0.2, 0.25) is 0 Å². The summed E-state index contributed by atoms with van der Waals surface area (Å²) in [6.45, 7) is 4.06. The number of aromatic nitrogens is 1. The first-order valence-corrected chi connectivity index (χ1v) is 9.88. The number of nitrogens with zero attached hydrogens (tertiary/aromatic N) is 1. The van der Waals surface area contributed by atoms with E-state index in [0.717, 1.165) is 29.9 Å². The SMILES string of the molecule is CCC(NC(=O)c1cc(=O)cc(C)n1C)C12CC3CC(CC(C3)C1)C2. The van der Waals surface area contributed by atoms with Gasteiger partial charge in [-0.3, -0.25) is 9.59 Å². The molecular formula is C21H30N2O2. The number of carbonyl (C=O) groups is 1. The molecule has 0 aliphatic heterocycles. The number of rotatable bonds is 4. The van der Waals surface area contributed by atoms with E-state index in [-0.39, 0.29) is 17.4 Å². The van der Waals surface area contributed by atoms with Crippen LogP contribution in [-0.4, -0.2) is 16.5 Å². The molecule has 4 heteroatoms. The number of hydrogen-bond donors (Lipinski definition) is 1. The summed E-state index contributed by atoms with van der Waals surface area (Å²) in [4.78, 5) is 24.8. The minimum Gasteiger partial charge on any atom is -0.347 e. The molecule has 4 nitrogen and oxygen atoms in total. The van der Waals surface area contributed by atoms with Crippen LogP contribution in [-0.2, 0) is 7.05 Å². The number of carbonyl (C=O) groups excluding carboxylic acids is 1. The molecule has 5 rings (SSSR count). The maximum atomic E-state index is 13.0. The van der Waals surface area contributed by atoms with Crippen molar-refractivity contribution in [2.24, 2.45) is 30.2 Å². The largest absolute Gasteiger partial charge is 0.347 e. The standard InChI is InChI=1S/C21H30N2O2/c1-4-19(21-10-14-6-15(11-21)8-16(7-14)12-21)22-20(25)18-9-17(24)5-13(2)23(18)3/h5,9,14-16,19H,4,6-8,10-12H2,1-3H3,(H,22,25). The monoisotopic (exact) mass is 342 g/mol. The van der Waals surface area contributed by atoms with E-state index < -0.39 is 0 Å². The van der Waals surface area contributed by atoms with Crippen LogP contribution in [0.25, 0.3) is 0 Å². The van der Waals surface area contributed by atoms with Crippen molar-refractivity contribution in [1.82, 2.24) is 9.88 Å². The molecule has 0 saturated heterocycles. The predicted octanol–water partition coefficient (Wildman–Crippen LogP) is 3.42. The second-order valence-corrected chi connectivity index (χ2v) is 8.99. The third-order valence-corrected chi connectivity index (χ3v) is 7.29. The summed E-state index contributed by atoms with van der Waals surface area (Å²) < 4.78 is 1.82. The number of amides is 1. The number of nitrogens with one attached hydrogen (secondary N) is 1. The van der Waals surface area contributed by atoms with Gasteiger partial charge >= 0.3 is 0 Å². The average molecular weight is 342 g/mol. The average Bonchev–Trinajstić information content (AvgIpc) is 2.54. The smallest absolute Gasteiger partial charge is 0.268 e. The maximum Gasteiger partial charge on any atom is 0.268 e. The zero-order valence-electron chi connectivity index (χ0n) is 15.7. The first kappa shape index (κ1) is 16.9. The number of aryl methyl sites for hydroxylation is 1. The molecule has 0 spiro atoms. The number of pyridine rings is 1. The van der Waals surface area contributed by atoms with Crippen molar-refractivity contribution in [2.45, 2.75) is 64.8 Å². The van der Waals surface area contributed by atoms with Gasteiger partial charge in [-0.1, -0.05) is 6.92 Å². The van der Waals surface area contributed by atoms with Gasteiger partial charge in [0.1, 0.15) is 5.69 Å². The minimum absolute atomic E-state index is 0.0918. The lowest BCUT2D eigenvalue weighted by Crippen LogP contribution is -2.56. The van der Waals surface area contributed by atoms with E-state index in [1.54, 1.807) is 6.07 Å². The van der Waals surface area contributed by atoms with Crippen LogP contribution < -0.4 is 10.7 Å². The molecule has 1 N–H and O–H groups in total. The van der Waals surface area contributed by atoms with Crippen molar-refractivity contribution in [1.29, 1.82) is 0 Å². The second kappa shape index (κ2) is 6.00. The lowest BCUT2D eigenvalue weighted by Gasteiger charge is -2.59. The first-order valence-electron chi connectivity index (χ1n) is 9.88. The topological polar surface area (TPSA) is 51.1 Å². The quantitative estimate of drug-likeness (QED) is 0.911. The van der Waals surface area contributed by atoms with E-state index in [2.05, 4.69) is 12.2 Å². The van der Waals surface area contributed by atoms with Crippen LogP contribution in [0.5, 0.6) is 0 Å². The fourth-order valence-electron chi connectivity index (χ4n) is 6.51. The van der Waals surface area contributed by atoms with Gasteiger partial charge in [0.2, 0.25) is 0 Å². The summed E-state index contributed by atoms with van der Waals surface area (Å²) in [6.07, 6.45) is 9.05. The van der Waals surface area contributed by atoms with E-state index in [1.165, 1.54) is 44.6 Å². The van der Waals surface area contributed by atoms with Gasteiger partial charge in [-0.2, -0.15) is 0 Å². The zero-order valence-corrected chi connectivity index (χ0v) is 15.7. The van der Waals surface area contributed by atoms with Crippen LogP contribution >= 0.6 is 0 Å². The minimum atomic E-state index is -0.0939. The highest BCUT2D eigenvalue weighted by Crippen LogP contribution is 2.61.